The van der Waals surface area contributed by atoms with Crippen LogP contribution in [0.3, 0.4) is 0 Å². The molecule has 0 N–H and O–H groups in total. The van der Waals surface area contributed by atoms with Crippen molar-refractivity contribution in [3.05, 3.63) is 113 Å². The SMILES string of the molecule is COc1ccc(C(=O)Oc2ccc(/C=C/C(=O)O[C@H]3C[C@H]4OC[C@@]4(OC(C)=O)[C@H]4[C@H](OCc5ccccc5)[C@]56OC(=O)O[C@H]5[C@H](OC(C)=O)C(C)=C([C@@H](OC(C)=O)C(=O)[C@]34C)C6(C)C)cc2)cc1. The Labute approximate surface area is 391 Å². The number of Topliss-reactive ketones (excluding diaryl/α,β-unsaturated/α-hetero) is 1. The monoisotopic (exact) mass is 936 g/mol. The average molecular weight is 937 g/mol. The summed E-state index contributed by atoms with van der Waals surface area (Å²) in [6.07, 6.45) is -7.19. The van der Waals surface area contributed by atoms with Gasteiger partial charge in [-0.05, 0) is 78.6 Å². The van der Waals surface area contributed by atoms with Crippen molar-refractivity contribution < 1.29 is 80.9 Å². The predicted molar refractivity (Wildman–Crippen MR) is 235 cm³/mol. The molecule has 0 amide bonds. The van der Waals surface area contributed by atoms with E-state index < -0.39 is 106 Å². The minimum absolute atomic E-state index is 0.142. The molecule has 0 unspecified atom stereocenters. The zero-order valence-electron chi connectivity index (χ0n) is 38.8. The van der Waals surface area contributed by atoms with Crippen molar-refractivity contribution in [3.63, 3.8) is 0 Å². The van der Waals surface area contributed by atoms with E-state index in [0.717, 1.165) is 13.0 Å². The Morgan fingerprint density at radius 1 is 0.809 bits per heavy atom. The summed E-state index contributed by atoms with van der Waals surface area (Å²) >= 11 is 0. The molecule has 2 aliphatic heterocycles. The Morgan fingerprint density at radius 3 is 2.07 bits per heavy atom. The molecule has 2 bridgehead atoms. The van der Waals surface area contributed by atoms with Gasteiger partial charge in [0.1, 0.15) is 29.8 Å². The van der Waals surface area contributed by atoms with Gasteiger partial charge in [0, 0.05) is 38.7 Å². The molecule has 2 saturated heterocycles. The zero-order valence-corrected chi connectivity index (χ0v) is 38.8. The Bertz CT molecular complexity index is 2580. The van der Waals surface area contributed by atoms with Gasteiger partial charge in [-0.3, -0.25) is 19.2 Å². The molecule has 8 rings (SSSR count). The smallest absolute Gasteiger partial charge is 0.497 e. The van der Waals surface area contributed by atoms with E-state index in [1.54, 1.807) is 93.6 Å². The molecule has 5 aliphatic rings. The number of carbonyl (C=O) groups excluding carboxylic acids is 7. The second kappa shape index (κ2) is 18.0. The topological polar surface area (TPSA) is 212 Å². The second-order valence-electron chi connectivity index (χ2n) is 18.3. The molecule has 1 spiro atoms. The molecular formula is C51H52O17. The average Bonchev–Trinajstić information content (AvgIpc) is 3.66. The van der Waals surface area contributed by atoms with Crippen molar-refractivity contribution in [2.75, 3.05) is 13.7 Å². The van der Waals surface area contributed by atoms with Gasteiger partial charge in [-0.1, -0.05) is 56.3 Å². The number of ketones is 1. The van der Waals surface area contributed by atoms with Gasteiger partial charge in [0.25, 0.3) is 0 Å². The molecule has 358 valence electrons. The quantitative estimate of drug-likeness (QED) is 0.0648. The first-order chi connectivity index (χ1) is 32.3. The fourth-order valence-corrected chi connectivity index (χ4v) is 11.1. The van der Waals surface area contributed by atoms with Crippen LogP contribution >= 0.6 is 0 Å². The molecule has 10 atom stereocenters. The molecule has 0 aromatic heterocycles. The van der Waals surface area contributed by atoms with Gasteiger partial charge in [-0.25, -0.2) is 14.4 Å². The molecule has 3 aromatic rings. The van der Waals surface area contributed by atoms with Crippen LogP contribution in [0, 0.1) is 16.7 Å². The third kappa shape index (κ3) is 8.00. The first kappa shape index (κ1) is 47.6. The standard InChI is InChI=1S/C51H52O17/c1-27-39-41(63-29(3)53)43(56)49(7)36(65-38(55)23-16-31-14-19-35(20-15-31)64-46(57)33-17-21-34(59-8)22-18-33)24-37-50(26-61-37,67-30(4)54)42(49)45(60-25-32-12-10-9-11-13-32)51(48(39,5)6)44(66-47(58)68-51)40(27)62-28(2)52/h9-23,36-37,40-42,44-45H,24-26H2,1-8H3/b23-16+/t36-,37+,40+,41+,42-,44-,45-,49+,50-,51+/m0/s1. The normalized spacial score (nSPS) is 30.9. The first-order valence-corrected chi connectivity index (χ1v) is 22.1. The fourth-order valence-electron chi connectivity index (χ4n) is 11.1. The molecule has 3 aromatic carbocycles. The van der Waals surface area contributed by atoms with E-state index in [1.165, 1.54) is 34.0 Å². The fraction of sp³-hybridized carbons (Fsp3) is 0.431. The summed E-state index contributed by atoms with van der Waals surface area (Å²) in [6.45, 7) is 9.58. The van der Waals surface area contributed by atoms with E-state index >= 15 is 4.79 Å². The Hall–Kier alpha value is -6.85. The molecule has 2 heterocycles. The van der Waals surface area contributed by atoms with Crippen LogP contribution in [0.1, 0.15) is 76.4 Å². The highest BCUT2D eigenvalue weighted by Crippen LogP contribution is 2.67. The number of methoxy groups -OCH3 is 1. The molecule has 17 heteroatoms. The van der Waals surface area contributed by atoms with Gasteiger partial charge in [-0.2, -0.15) is 0 Å². The molecule has 3 aliphatic carbocycles. The minimum Gasteiger partial charge on any atom is -0.497 e. The highest BCUT2D eigenvalue weighted by atomic mass is 16.8. The summed E-state index contributed by atoms with van der Waals surface area (Å²) in [4.78, 5) is 96.2. The van der Waals surface area contributed by atoms with Crippen LogP contribution in [-0.2, 0) is 68.5 Å². The van der Waals surface area contributed by atoms with Crippen LogP contribution < -0.4 is 9.47 Å². The van der Waals surface area contributed by atoms with Crippen molar-refractivity contribution in [1.29, 1.82) is 0 Å². The summed E-state index contributed by atoms with van der Waals surface area (Å²) in [5, 5.41) is 0. The largest absolute Gasteiger partial charge is 0.509 e. The van der Waals surface area contributed by atoms with Crippen LogP contribution in [0.2, 0.25) is 0 Å². The maximum atomic E-state index is 16.1. The number of rotatable bonds is 12. The molecular weight excluding hydrogens is 885 g/mol. The van der Waals surface area contributed by atoms with Gasteiger partial charge in [-0.15, -0.1) is 0 Å². The second-order valence-corrected chi connectivity index (χ2v) is 18.3. The Kier molecular flexibility index (Phi) is 12.6. The van der Waals surface area contributed by atoms with E-state index in [-0.39, 0.29) is 36.5 Å². The third-order valence-electron chi connectivity index (χ3n) is 14.0. The van der Waals surface area contributed by atoms with Crippen LogP contribution in [0.25, 0.3) is 6.08 Å². The van der Waals surface area contributed by atoms with Crippen LogP contribution in [0.15, 0.2) is 96.1 Å². The molecule has 17 nitrogen and oxygen atoms in total. The number of fused-ring (bicyclic) bond motifs is 4. The molecule has 68 heavy (non-hydrogen) atoms. The Balaban J connectivity index is 1.23. The molecule has 2 saturated carbocycles. The lowest BCUT2D eigenvalue weighted by molar-refractivity contribution is -0.351. The van der Waals surface area contributed by atoms with Gasteiger partial charge in [0.15, 0.2) is 35.3 Å². The van der Waals surface area contributed by atoms with E-state index in [4.69, 9.17) is 47.4 Å². The summed E-state index contributed by atoms with van der Waals surface area (Å²) in [6, 6.07) is 21.8. The molecule has 4 fully saturated rings. The number of benzene rings is 3. The van der Waals surface area contributed by atoms with E-state index in [9.17, 15) is 28.8 Å². The lowest BCUT2D eigenvalue weighted by Crippen LogP contribution is -2.83. The Morgan fingerprint density at radius 2 is 1.47 bits per heavy atom. The van der Waals surface area contributed by atoms with E-state index in [2.05, 4.69) is 0 Å². The van der Waals surface area contributed by atoms with Gasteiger partial charge >= 0.3 is 36.0 Å². The summed E-state index contributed by atoms with van der Waals surface area (Å²) < 4.78 is 60.8. The van der Waals surface area contributed by atoms with Crippen molar-refractivity contribution >= 4 is 47.9 Å². The molecule has 0 radical (unpaired) electrons. The maximum absolute atomic E-state index is 16.1. The summed E-state index contributed by atoms with van der Waals surface area (Å²) in [5.41, 5.74) is -5.37. The van der Waals surface area contributed by atoms with Gasteiger partial charge in [0.05, 0.1) is 37.2 Å². The highest BCUT2D eigenvalue weighted by Gasteiger charge is 2.83. The van der Waals surface area contributed by atoms with Crippen molar-refractivity contribution in [2.45, 2.75) is 109 Å². The lowest BCUT2D eigenvalue weighted by atomic mass is 9.44. The lowest BCUT2D eigenvalue weighted by Gasteiger charge is -2.67. The minimum atomic E-state index is -2.03. The number of hydrogen-bond donors (Lipinski definition) is 0. The van der Waals surface area contributed by atoms with Crippen LogP contribution in [0.4, 0.5) is 4.79 Å². The van der Waals surface area contributed by atoms with Crippen LogP contribution in [0.5, 0.6) is 11.5 Å². The first-order valence-electron chi connectivity index (χ1n) is 22.1. The number of ether oxygens (including phenoxy) is 10. The summed E-state index contributed by atoms with van der Waals surface area (Å²) in [5.74, 6) is -5.16. The van der Waals surface area contributed by atoms with E-state index in [1.807, 2.05) is 6.07 Å². The third-order valence-corrected chi connectivity index (χ3v) is 14.0. The highest BCUT2D eigenvalue weighted by molar-refractivity contribution is 5.96. The number of esters is 5. The zero-order chi connectivity index (χ0) is 48.9. The summed E-state index contributed by atoms with van der Waals surface area (Å²) in [7, 11) is 1.52. The van der Waals surface area contributed by atoms with Gasteiger partial charge in [0.2, 0.25) is 0 Å². The van der Waals surface area contributed by atoms with Crippen molar-refractivity contribution in [3.8, 4) is 11.5 Å². The predicted octanol–water partition coefficient (Wildman–Crippen LogP) is 6.23. The number of hydrogen-bond acceptors (Lipinski definition) is 17. The van der Waals surface area contributed by atoms with Crippen LogP contribution in [-0.4, -0.2) is 103 Å². The van der Waals surface area contributed by atoms with Crippen molar-refractivity contribution in [2.24, 2.45) is 16.7 Å². The number of carbonyl (C=O) groups is 7. The van der Waals surface area contributed by atoms with E-state index in [0.29, 0.717) is 22.4 Å². The maximum Gasteiger partial charge on any atom is 0.509 e. The van der Waals surface area contributed by atoms with Gasteiger partial charge < -0.3 is 47.4 Å². The van der Waals surface area contributed by atoms with Crippen molar-refractivity contribution in [1.82, 2.24) is 0 Å².